The Kier molecular flexibility index (Phi) is 7.09. The van der Waals surface area contributed by atoms with Crippen molar-refractivity contribution in [2.75, 3.05) is 5.32 Å². The molecule has 0 saturated heterocycles. The van der Waals surface area contributed by atoms with E-state index >= 15 is 0 Å². The fourth-order valence-electron chi connectivity index (χ4n) is 1.95. The van der Waals surface area contributed by atoms with E-state index in [0.717, 1.165) is 18.2 Å². The first-order valence-electron chi connectivity index (χ1n) is 7.75. The van der Waals surface area contributed by atoms with Crippen molar-refractivity contribution in [3.8, 4) is 6.19 Å². The third-order valence-corrected chi connectivity index (χ3v) is 3.69. The fourth-order valence-corrected chi connectivity index (χ4v) is 2.15. The number of carbonyl (C=O) groups excluding carboxylic acids is 1. The minimum Gasteiger partial charge on any atom is -0.328 e. The number of halogens is 4. The molecule has 0 bridgehead atoms. The summed E-state index contributed by atoms with van der Waals surface area (Å²) in [5.74, 6) is -1.91. The topological polar surface area (TPSA) is 102 Å². The highest BCUT2D eigenvalue weighted by molar-refractivity contribution is 6.48. The van der Waals surface area contributed by atoms with Crippen LogP contribution in [0.1, 0.15) is 17.3 Å². The molecule has 7 nitrogen and oxygen atoms in total. The van der Waals surface area contributed by atoms with Gasteiger partial charge in [0.25, 0.3) is 5.91 Å². The summed E-state index contributed by atoms with van der Waals surface area (Å²) in [5, 5.41) is 16.4. The molecule has 28 heavy (non-hydrogen) atoms. The number of guanidine groups is 1. The average molecular weight is 427 g/mol. The Morgan fingerprint density at radius 2 is 1.93 bits per heavy atom. The highest BCUT2D eigenvalue weighted by Crippen LogP contribution is 2.26. The Labute approximate surface area is 169 Å². The van der Waals surface area contributed by atoms with E-state index in [1.807, 2.05) is 0 Å². The molecule has 0 fully saturated rings. The number of nitriles is 1. The molecule has 1 atom stereocenters. The van der Waals surface area contributed by atoms with Crippen LogP contribution in [-0.2, 0) is 0 Å². The van der Waals surface area contributed by atoms with Crippen molar-refractivity contribution in [2.45, 2.75) is 17.4 Å². The molecule has 1 heterocycles. The Hall–Kier alpha value is -2.96. The van der Waals surface area contributed by atoms with Crippen molar-refractivity contribution in [3.63, 3.8) is 0 Å². The Morgan fingerprint density at radius 3 is 2.46 bits per heavy atom. The Bertz CT molecular complexity index is 892. The predicted octanol–water partition coefficient (Wildman–Crippen LogP) is 3.15. The van der Waals surface area contributed by atoms with E-state index in [4.69, 9.17) is 28.5 Å². The number of aliphatic imine (C=N–C) groups is 1. The number of nitrogens with zero attached hydrogens (tertiary/aromatic N) is 3. The first kappa shape index (κ1) is 21.3. The maximum atomic E-state index is 13.0. The molecule has 2 aromatic rings. The molecular formula is C17H14Cl2F2N6O. The fraction of sp³-hybridized carbons (Fsp3) is 0.176. The molecule has 0 spiro atoms. The Morgan fingerprint density at radius 1 is 1.25 bits per heavy atom. The highest BCUT2D eigenvalue weighted by atomic mass is 35.5. The van der Waals surface area contributed by atoms with Gasteiger partial charge in [-0.3, -0.25) is 10.1 Å². The quantitative estimate of drug-likeness (QED) is 0.170. The maximum absolute atomic E-state index is 13.0. The van der Waals surface area contributed by atoms with Gasteiger partial charge in [0.2, 0.25) is 11.9 Å². The first-order valence-corrected chi connectivity index (χ1v) is 8.50. The molecule has 1 unspecified atom stereocenters. The molecule has 1 aromatic heterocycles. The van der Waals surface area contributed by atoms with E-state index in [1.54, 1.807) is 6.19 Å². The molecule has 1 amide bonds. The third-order valence-electron chi connectivity index (χ3n) is 3.28. The SMILES string of the molecule is CC(Cl)(Cl)C(/N=C(\NC#N)Nc1ccc(F)nc1)NC(=O)c1ccc(F)cc1. The number of alkyl halides is 2. The lowest BCUT2D eigenvalue weighted by Gasteiger charge is -2.25. The number of hydrogen-bond donors (Lipinski definition) is 3. The van der Waals surface area contributed by atoms with Gasteiger partial charge in [0.1, 0.15) is 5.82 Å². The number of anilines is 1. The summed E-state index contributed by atoms with van der Waals surface area (Å²) in [6.07, 6.45) is 1.64. The van der Waals surface area contributed by atoms with Gasteiger partial charge in [0.05, 0.1) is 11.9 Å². The van der Waals surface area contributed by atoms with E-state index in [1.165, 1.54) is 31.3 Å². The molecule has 1 aromatic carbocycles. The van der Waals surface area contributed by atoms with Crippen molar-refractivity contribution in [3.05, 3.63) is 59.9 Å². The molecule has 0 saturated carbocycles. The summed E-state index contributed by atoms with van der Waals surface area (Å²) in [6.45, 7) is 1.39. The second-order valence-corrected chi connectivity index (χ2v) is 7.31. The molecule has 2 rings (SSSR count). The first-order chi connectivity index (χ1) is 13.2. The van der Waals surface area contributed by atoms with Crippen LogP contribution in [0.25, 0.3) is 0 Å². The molecule has 0 aliphatic heterocycles. The van der Waals surface area contributed by atoms with Crippen molar-refractivity contribution >= 4 is 40.8 Å². The van der Waals surface area contributed by atoms with Crippen LogP contribution in [0.5, 0.6) is 0 Å². The van der Waals surface area contributed by atoms with Crippen molar-refractivity contribution < 1.29 is 13.6 Å². The van der Waals surface area contributed by atoms with Crippen LogP contribution < -0.4 is 16.0 Å². The van der Waals surface area contributed by atoms with E-state index in [-0.39, 0.29) is 11.5 Å². The van der Waals surface area contributed by atoms with Crippen LogP contribution in [0.4, 0.5) is 14.5 Å². The Balaban J connectivity index is 2.25. The number of carbonyl (C=O) groups is 1. The van der Waals surface area contributed by atoms with Crippen LogP contribution >= 0.6 is 23.2 Å². The zero-order chi connectivity index (χ0) is 20.7. The van der Waals surface area contributed by atoms with Gasteiger partial charge in [-0.05, 0) is 43.3 Å². The zero-order valence-electron chi connectivity index (χ0n) is 14.4. The molecule has 11 heteroatoms. The molecule has 0 aliphatic carbocycles. The molecule has 0 aliphatic rings. The summed E-state index contributed by atoms with van der Waals surface area (Å²) < 4.78 is 24.4. The largest absolute Gasteiger partial charge is 0.328 e. The van der Waals surface area contributed by atoms with E-state index < -0.39 is 28.2 Å². The second-order valence-electron chi connectivity index (χ2n) is 5.55. The molecule has 3 N–H and O–H groups in total. The normalized spacial score (nSPS) is 12.6. The summed E-state index contributed by atoms with van der Waals surface area (Å²) in [7, 11) is 0. The summed E-state index contributed by atoms with van der Waals surface area (Å²) in [5.41, 5.74) is 0.474. The van der Waals surface area contributed by atoms with Gasteiger partial charge in [0.15, 0.2) is 16.7 Å². The third kappa shape index (κ3) is 6.33. The number of benzene rings is 1. The lowest BCUT2D eigenvalue weighted by Crippen LogP contribution is -2.45. The van der Waals surface area contributed by atoms with Crippen LogP contribution in [-0.4, -0.2) is 27.3 Å². The number of pyridine rings is 1. The van der Waals surface area contributed by atoms with Crippen LogP contribution in [0.15, 0.2) is 47.6 Å². The standard InChI is InChI=1S/C17H14Cl2F2N6O/c1-17(18,19)15(26-14(28)10-2-4-11(20)5-3-10)27-16(24-9-22)25-12-6-7-13(21)23-8-12/h2-8,15H,1H3,(H,26,28)(H2,24,25,27). The number of rotatable bonds is 5. The van der Waals surface area contributed by atoms with E-state index in [0.29, 0.717) is 5.69 Å². The van der Waals surface area contributed by atoms with Crippen molar-refractivity contribution in [1.29, 1.82) is 5.26 Å². The van der Waals surface area contributed by atoms with Gasteiger partial charge in [-0.2, -0.15) is 9.65 Å². The number of hydrogen-bond acceptors (Lipinski definition) is 4. The molecule has 0 radical (unpaired) electrons. The number of nitrogens with one attached hydrogen (secondary N) is 3. The number of amides is 1. The minimum absolute atomic E-state index is 0.118. The smallest absolute Gasteiger partial charge is 0.253 e. The number of aromatic nitrogens is 1. The van der Waals surface area contributed by atoms with E-state index in [2.05, 4.69) is 25.9 Å². The van der Waals surface area contributed by atoms with Crippen LogP contribution in [0.2, 0.25) is 0 Å². The van der Waals surface area contributed by atoms with Gasteiger partial charge in [-0.1, -0.05) is 23.2 Å². The van der Waals surface area contributed by atoms with Crippen molar-refractivity contribution in [1.82, 2.24) is 15.6 Å². The predicted molar refractivity (Wildman–Crippen MR) is 102 cm³/mol. The summed E-state index contributed by atoms with van der Waals surface area (Å²) in [4.78, 5) is 20.0. The van der Waals surface area contributed by atoms with Gasteiger partial charge in [-0.15, -0.1) is 0 Å². The van der Waals surface area contributed by atoms with Gasteiger partial charge in [0, 0.05) is 5.56 Å². The van der Waals surface area contributed by atoms with Gasteiger partial charge < -0.3 is 10.6 Å². The second kappa shape index (κ2) is 9.30. The van der Waals surface area contributed by atoms with Crippen LogP contribution in [0.3, 0.4) is 0 Å². The summed E-state index contributed by atoms with van der Waals surface area (Å²) in [6, 6.07) is 7.28. The van der Waals surface area contributed by atoms with E-state index in [9.17, 15) is 13.6 Å². The average Bonchev–Trinajstić information content (AvgIpc) is 2.63. The highest BCUT2D eigenvalue weighted by Gasteiger charge is 2.32. The lowest BCUT2D eigenvalue weighted by molar-refractivity contribution is 0.0935. The zero-order valence-corrected chi connectivity index (χ0v) is 15.9. The maximum Gasteiger partial charge on any atom is 0.253 e. The monoisotopic (exact) mass is 426 g/mol. The van der Waals surface area contributed by atoms with Crippen molar-refractivity contribution in [2.24, 2.45) is 4.99 Å². The van der Waals surface area contributed by atoms with Gasteiger partial charge >= 0.3 is 0 Å². The van der Waals surface area contributed by atoms with Gasteiger partial charge in [-0.25, -0.2) is 14.4 Å². The van der Waals surface area contributed by atoms with Crippen LogP contribution in [0, 0.1) is 23.2 Å². The molecule has 146 valence electrons. The minimum atomic E-state index is -1.57. The summed E-state index contributed by atoms with van der Waals surface area (Å²) >= 11 is 12.2. The lowest BCUT2D eigenvalue weighted by atomic mass is 10.2. The molecular weight excluding hydrogens is 413 g/mol.